The number of primary amides is 1. The van der Waals surface area contributed by atoms with Crippen molar-refractivity contribution in [2.45, 2.75) is 33.6 Å². The quantitative estimate of drug-likeness (QED) is 0.651. The van der Waals surface area contributed by atoms with Crippen molar-refractivity contribution in [1.82, 2.24) is 5.43 Å². The molecule has 2 rings (SSSR count). The van der Waals surface area contributed by atoms with Crippen LogP contribution in [0.1, 0.15) is 33.6 Å². The van der Waals surface area contributed by atoms with E-state index in [1.807, 2.05) is 6.92 Å². The standard InChI is InChI=1S/C11H17N3O2/c1-10(2)6-4-5-11(10,3)8(15)7(6)13-14-9(12)16/h6H,4-5H2,1-3H3,(H3,12,14,16)/b13-7+/t6-,11-/m1/s1. The second kappa shape index (κ2) is 3.06. The first kappa shape index (κ1) is 11.1. The SMILES string of the molecule is CC1(C)[C@@H]2CC[C@]1(C)C(=O)/C2=N/NC(N)=O. The highest BCUT2D eigenvalue weighted by Gasteiger charge is 2.65. The molecule has 0 aromatic heterocycles. The van der Waals surface area contributed by atoms with Crippen molar-refractivity contribution in [3.63, 3.8) is 0 Å². The molecule has 2 saturated carbocycles. The highest BCUT2D eigenvalue weighted by molar-refractivity contribution is 6.45. The zero-order chi connectivity index (χ0) is 12.1. The number of amides is 2. The largest absolute Gasteiger partial charge is 0.350 e. The lowest BCUT2D eigenvalue weighted by atomic mass is 9.70. The van der Waals surface area contributed by atoms with Crippen molar-refractivity contribution in [3.05, 3.63) is 0 Å². The van der Waals surface area contributed by atoms with Crippen molar-refractivity contribution in [2.75, 3.05) is 0 Å². The maximum atomic E-state index is 12.2. The summed E-state index contributed by atoms with van der Waals surface area (Å²) >= 11 is 0. The molecule has 2 amide bonds. The molecule has 88 valence electrons. The highest BCUT2D eigenvalue weighted by atomic mass is 16.2. The van der Waals surface area contributed by atoms with E-state index in [4.69, 9.17) is 5.73 Å². The Balaban J connectivity index is 2.37. The van der Waals surface area contributed by atoms with Gasteiger partial charge in [-0.25, -0.2) is 10.2 Å². The van der Waals surface area contributed by atoms with Crippen molar-refractivity contribution < 1.29 is 9.59 Å². The lowest BCUT2D eigenvalue weighted by Gasteiger charge is -2.31. The number of nitrogens with zero attached hydrogens (tertiary/aromatic N) is 1. The molecular weight excluding hydrogens is 206 g/mol. The molecule has 0 aliphatic heterocycles. The van der Waals surface area contributed by atoms with Crippen LogP contribution < -0.4 is 11.2 Å². The summed E-state index contributed by atoms with van der Waals surface area (Å²) in [6.45, 7) is 6.17. The van der Waals surface area contributed by atoms with Crippen LogP contribution in [-0.2, 0) is 4.79 Å². The monoisotopic (exact) mass is 223 g/mol. The number of Topliss-reactive ketones (excluding diaryl/α,β-unsaturated/α-hetero) is 1. The average molecular weight is 223 g/mol. The van der Waals surface area contributed by atoms with Crippen LogP contribution >= 0.6 is 0 Å². The van der Waals surface area contributed by atoms with Crippen LogP contribution in [0.5, 0.6) is 0 Å². The van der Waals surface area contributed by atoms with E-state index in [1.165, 1.54) is 0 Å². The topological polar surface area (TPSA) is 84.6 Å². The summed E-state index contributed by atoms with van der Waals surface area (Å²) in [5.74, 6) is 0.194. The van der Waals surface area contributed by atoms with Gasteiger partial charge in [-0.05, 0) is 18.3 Å². The molecule has 2 atom stereocenters. The van der Waals surface area contributed by atoms with E-state index in [1.54, 1.807) is 0 Å². The van der Waals surface area contributed by atoms with Gasteiger partial charge < -0.3 is 5.73 Å². The molecule has 2 aliphatic rings. The van der Waals surface area contributed by atoms with Gasteiger partial charge in [0, 0.05) is 11.3 Å². The van der Waals surface area contributed by atoms with Crippen LogP contribution in [0, 0.1) is 16.7 Å². The Labute approximate surface area is 94.5 Å². The fraction of sp³-hybridized carbons (Fsp3) is 0.727. The van der Waals surface area contributed by atoms with E-state index in [9.17, 15) is 9.59 Å². The van der Waals surface area contributed by atoms with Crippen LogP contribution in [0.25, 0.3) is 0 Å². The highest BCUT2D eigenvalue weighted by Crippen LogP contribution is 2.62. The number of carbonyl (C=O) groups is 2. The average Bonchev–Trinajstić information content (AvgIpc) is 2.47. The fourth-order valence-corrected chi connectivity index (χ4v) is 3.07. The van der Waals surface area contributed by atoms with Gasteiger partial charge in [0.2, 0.25) is 0 Å². The summed E-state index contributed by atoms with van der Waals surface area (Å²) in [5, 5.41) is 3.87. The molecular formula is C11H17N3O2. The summed E-state index contributed by atoms with van der Waals surface area (Å²) in [4.78, 5) is 22.8. The summed E-state index contributed by atoms with van der Waals surface area (Å²) in [7, 11) is 0. The third kappa shape index (κ3) is 1.14. The molecule has 3 N–H and O–H groups in total. The number of hydrogen-bond donors (Lipinski definition) is 2. The van der Waals surface area contributed by atoms with E-state index >= 15 is 0 Å². The third-order valence-electron chi connectivity index (χ3n) is 4.58. The Bertz CT molecular complexity index is 400. The Morgan fingerprint density at radius 3 is 2.56 bits per heavy atom. The van der Waals surface area contributed by atoms with E-state index in [0.717, 1.165) is 12.8 Å². The number of ketones is 1. The molecule has 2 aliphatic carbocycles. The second-order valence-corrected chi connectivity index (χ2v) is 5.45. The fourth-order valence-electron chi connectivity index (χ4n) is 3.07. The third-order valence-corrected chi connectivity index (χ3v) is 4.58. The summed E-state index contributed by atoms with van der Waals surface area (Å²) in [5.41, 5.74) is 7.18. The zero-order valence-corrected chi connectivity index (χ0v) is 9.83. The van der Waals surface area contributed by atoms with Gasteiger partial charge in [-0.1, -0.05) is 20.8 Å². The minimum absolute atomic E-state index is 0.0579. The summed E-state index contributed by atoms with van der Waals surface area (Å²) in [6.07, 6.45) is 1.85. The number of nitrogens with one attached hydrogen (secondary N) is 1. The van der Waals surface area contributed by atoms with Gasteiger partial charge in [0.05, 0.1) is 0 Å². The van der Waals surface area contributed by atoms with E-state index in [2.05, 4.69) is 24.4 Å². The number of hydrazone groups is 1. The van der Waals surface area contributed by atoms with Gasteiger partial charge in [-0.3, -0.25) is 4.79 Å². The number of urea groups is 1. The molecule has 0 radical (unpaired) electrons. The van der Waals surface area contributed by atoms with Gasteiger partial charge in [-0.15, -0.1) is 0 Å². The van der Waals surface area contributed by atoms with E-state index < -0.39 is 6.03 Å². The van der Waals surface area contributed by atoms with Gasteiger partial charge >= 0.3 is 6.03 Å². The van der Waals surface area contributed by atoms with Crippen molar-refractivity contribution >= 4 is 17.5 Å². The van der Waals surface area contributed by atoms with Crippen LogP contribution in [0.2, 0.25) is 0 Å². The van der Waals surface area contributed by atoms with Crippen molar-refractivity contribution in [1.29, 1.82) is 0 Å². The first-order valence-corrected chi connectivity index (χ1v) is 5.48. The minimum atomic E-state index is -0.731. The second-order valence-electron chi connectivity index (χ2n) is 5.45. The Kier molecular flexibility index (Phi) is 2.12. The van der Waals surface area contributed by atoms with Gasteiger partial charge in [0.1, 0.15) is 5.71 Å². The zero-order valence-electron chi connectivity index (χ0n) is 9.83. The number of carbonyl (C=O) groups excluding carboxylic acids is 2. The first-order valence-electron chi connectivity index (χ1n) is 5.48. The van der Waals surface area contributed by atoms with Crippen molar-refractivity contribution in [2.24, 2.45) is 27.6 Å². The summed E-state index contributed by atoms with van der Waals surface area (Å²) in [6, 6.07) is -0.731. The number of rotatable bonds is 1. The van der Waals surface area contributed by atoms with Gasteiger partial charge in [-0.2, -0.15) is 5.10 Å². The number of hydrogen-bond acceptors (Lipinski definition) is 3. The van der Waals surface area contributed by atoms with Gasteiger partial charge in [0.25, 0.3) is 0 Å². The Morgan fingerprint density at radius 2 is 2.12 bits per heavy atom. The van der Waals surface area contributed by atoms with Crippen molar-refractivity contribution in [3.8, 4) is 0 Å². The summed E-state index contributed by atoms with van der Waals surface area (Å²) < 4.78 is 0. The predicted molar refractivity (Wildman–Crippen MR) is 59.8 cm³/mol. The molecule has 0 saturated heterocycles. The molecule has 0 spiro atoms. The molecule has 0 unspecified atom stereocenters. The predicted octanol–water partition coefficient (Wildman–Crippen LogP) is 1.04. The van der Waals surface area contributed by atoms with Crippen LogP contribution in [-0.4, -0.2) is 17.5 Å². The Morgan fingerprint density at radius 1 is 1.50 bits per heavy atom. The maximum absolute atomic E-state index is 12.2. The normalized spacial score (nSPS) is 38.1. The van der Waals surface area contributed by atoms with Crippen LogP contribution in [0.4, 0.5) is 4.79 Å². The maximum Gasteiger partial charge on any atom is 0.332 e. The van der Waals surface area contributed by atoms with Crippen LogP contribution in [0.15, 0.2) is 5.10 Å². The number of fused-ring (bicyclic) bond motifs is 2. The smallest absolute Gasteiger partial charge is 0.332 e. The molecule has 2 fully saturated rings. The minimum Gasteiger partial charge on any atom is -0.350 e. The molecule has 5 nitrogen and oxygen atoms in total. The molecule has 16 heavy (non-hydrogen) atoms. The Hall–Kier alpha value is -1.39. The number of nitrogens with two attached hydrogens (primary N) is 1. The lowest BCUT2D eigenvalue weighted by Crippen LogP contribution is -2.34. The van der Waals surface area contributed by atoms with Gasteiger partial charge in [0.15, 0.2) is 5.78 Å². The molecule has 0 heterocycles. The van der Waals surface area contributed by atoms with E-state index in [0.29, 0.717) is 5.71 Å². The molecule has 0 aromatic rings. The molecule has 0 aromatic carbocycles. The van der Waals surface area contributed by atoms with E-state index in [-0.39, 0.29) is 22.5 Å². The lowest BCUT2D eigenvalue weighted by molar-refractivity contribution is -0.123. The van der Waals surface area contributed by atoms with Crippen LogP contribution in [0.3, 0.4) is 0 Å². The molecule has 2 bridgehead atoms. The molecule has 5 heteroatoms. The first-order chi connectivity index (χ1) is 7.30.